The van der Waals surface area contributed by atoms with E-state index in [1.165, 1.54) is 0 Å². The molecule has 0 aliphatic carbocycles. The number of nitrogens with one attached hydrogen (secondary N) is 1. The molecule has 0 bridgehead atoms. The first-order valence-electron chi connectivity index (χ1n) is 6.18. The van der Waals surface area contributed by atoms with E-state index in [1.807, 2.05) is 12.3 Å². The van der Waals surface area contributed by atoms with E-state index in [1.54, 1.807) is 35.6 Å². The van der Waals surface area contributed by atoms with Crippen molar-refractivity contribution in [2.45, 2.75) is 19.1 Å². The van der Waals surface area contributed by atoms with Crippen molar-refractivity contribution in [1.29, 1.82) is 0 Å². The predicted octanol–water partition coefficient (Wildman–Crippen LogP) is 1.70. The molecule has 0 amide bonds. The molecule has 0 saturated heterocycles. The van der Waals surface area contributed by atoms with Crippen molar-refractivity contribution in [3.63, 3.8) is 0 Å². The number of nitrogen functional groups attached to an aromatic ring is 1. The van der Waals surface area contributed by atoms with Crippen LogP contribution in [0.2, 0.25) is 0 Å². The maximum absolute atomic E-state index is 12.0. The molecule has 0 saturated carbocycles. The molecule has 5 nitrogen and oxygen atoms in total. The van der Waals surface area contributed by atoms with Crippen molar-refractivity contribution < 1.29 is 8.42 Å². The summed E-state index contributed by atoms with van der Waals surface area (Å²) in [4.78, 5) is 4.29. The van der Waals surface area contributed by atoms with E-state index in [-0.39, 0.29) is 5.75 Å². The molecular weight excluding hydrogens is 294 g/mol. The lowest BCUT2D eigenvalue weighted by Crippen LogP contribution is -2.27. The molecule has 0 atom stereocenters. The first-order chi connectivity index (χ1) is 9.46. The fraction of sp³-hybridized carbons (Fsp3) is 0.308. The molecule has 3 N–H and O–H groups in total. The highest BCUT2D eigenvalue weighted by Crippen LogP contribution is 2.14. The maximum atomic E-state index is 12.0. The topological polar surface area (TPSA) is 85.1 Å². The van der Waals surface area contributed by atoms with Gasteiger partial charge in [-0.3, -0.25) is 0 Å². The Hall–Kier alpha value is -1.44. The zero-order valence-corrected chi connectivity index (χ0v) is 12.8. The Kier molecular flexibility index (Phi) is 4.74. The van der Waals surface area contributed by atoms with Gasteiger partial charge in [0.15, 0.2) is 0 Å². The molecule has 0 radical (unpaired) electrons. The first kappa shape index (κ1) is 15.0. The molecule has 0 aliphatic heterocycles. The summed E-state index contributed by atoms with van der Waals surface area (Å²) in [5.74, 6) is -0.101. The van der Waals surface area contributed by atoms with Gasteiger partial charge in [-0.2, -0.15) is 0 Å². The van der Waals surface area contributed by atoms with Crippen molar-refractivity contribution in [3.8, 4) is 0 Å². The van der Waals surface area contributed by atoms with E-state index in [9.17, 15) is 8.42 Å². The summed E-state index contributed by atoms with van der Waals surface area (Å²) >= 11 is 1.54. The highest BCUT2D eigenvalue weighted by molar-refractivity contribution is 7.88. The smallest absolute Gasteiger partial charge is 0.215 e. The summed E-state index contributed by atoms with van der Waals surface area (Å²) in [7, 11) is -3.37. The molecular formula is C13H17N3O2S2. The van der Waals surface area contributed by atoms with E-state index in [0.29, 0.717) is 24.2 Å². The number of rotatable bonds is 6. The Morgan fingerprint density at radius 3 is 2.75 bits per heavy atom. The molecule has 0 fully saturated rings. The van der Waals surface area contributed by atoms with Crippen molar-refractivity contribution in [2.75, 3.05) is 12.3 Å². The number of benzene rings is 1. The average molecular weight is 311 g/mol. The molecule has 108 valence electrons. The third-order valence-corrected chi connectivity index (χ3v) is 5.09. The number of aryl methyl sites for hydroxylation is 1. The Morgan fingerprint density at radius 1 is 1.35 bits per heavy atom. The molecule has 20 heavy (non-hydrogen) atoms. The second kappa shape index (κ2) is 6.34. The van der Waals surface area contributed by atoms with Crippen molar-refractivity contribution in [3.05, 3.63) is 45.9 Å². The molecule has 0 unspecified atom stereocenters. The monoisotopic (exact) mass is 311 g/mol. The molecule has 7 heteroatoms. The van der Waals surface area contributed by atoms with Gasteiger partial charge in [0.2, 0.25) is 10.0 Å². The molecule has 2 rings (SSSR count). The van der Waals surface area contributed by atoms with Crippen LogP contribution < -0.4 is 10.5 Å². The zero-order valence-electron chi connectivity index (χ0n) is 11.2. The van der Waals surface area contributed by atoms with Crippen molar-refractivity contribution in [2.24, 2.45) is 0 Å². The van der Waals surface area contributed by atoms with E-state index in [0.717, 1.165) is 10.7 Å². The third-order valence-electron chi connectivity index (χ3n) is 2.73. The van der Waals surface area contributed by atoms with Gasteiger partial charge < -0.3 is 5.73 Å². The fourth-order valence-electron chi connectivity index (χ4n) is 1.75. The van der Waals surface area contributed by atoms with Gasteiger partial charge >= 0.3 is 0 Å². The number of sulfonamides is 1. The normalized spacial score (nSPS) is 11.7. The van der Waals surface area contributed by atoms with Crippen molar-refractivity contribution in [1.82, 2.24) is 9.71 Å². The first-order valence-corrected chi connectivity index (χ1v) is 8.71. The molecule has 0 spiro atoms. The largest absolute Gasteiger partial charge is 0.398 e. The number of para-hydroxylation sites is 1. The Bertz CT molecular complexity index is 680. The Balaban J connectivity index is 1.90. The molecule has 0 aliphatic rings. The van der Waals surface area contributed by atoms with Crippen LogP contribution >= 0.6 is 11.3 Å². The summed E-state index contributed by atoms with van der Waals surface area (Å²) in [6, 6.07) is 6.98. The van der Waals surface area contributed by atoms with Gasteiger partial charge in [0.25, 0.3) is 0 Å². The van der Waals surface area contributed by atoms with Crippen LogP contribution in [-0.2, 0) is 22.2 Å². The molecule has 1 aromatic heterocycles. The van der Waals surface area contributed by atoms with Gasteiger partial charge in [0.1, 0.15) is 0 Å². The highest BCUT2D eigenvalue weighted by atomic mass is 32.2. The van der Waals surface area contributed by atoms with Gasteiger partial charge in [-0.15, -0.1) is 11.3 Å². The summed E-state index contributed by atoms with van der Waals surface area (Å²) in [6.07, 6.45) is 0.599. The van der Waals surface area contributed by atoms with Crippen LogP contribution in [0.1, 0.15) is 16.3 Å². The third kappa shape index (κ3) is 4.29. The number of hydrogen-bond acceptors (Lipinski definition) is 5. The van der Waals surface area contributed by atoms with Gasteiger partial charge in [0.05, 0.1) is 10.8 Å². The number of thiazole rings is 1. The minimum absolute atomic E-state index is 0.101. The van der Waals surface area contributed by atoms with Gasteiger partial charge in [-0.25, -0.2) is 18.1 Å². The standard InChI is InChI=1S/C13H17N3O2S2/c1-10-8-19-13(16-10)6-7-15-20(17,18)9-11-4-2-3-5-12(11)14/h2-5,8,15H,6-7,9,14H2,1H3. The summed E-state index contributed by atoms with van der Waals surface area (Å²) in [5, 5.41) is 2.89. The van der Waals surface area contributed by atoms with Crippen LogP contribution in [0.5, 0.6) is 0 Å². The summed E-state index contributed by atoms with van der Waals surface area (Å²) in [5.41, 5.74) is 7.82. The number of anilines is 1. The Morgan fingerprint density at radius 2 is 2.10 bits per heavy atom. The number of nitrogens with zero attached hydrogens (tertiary/aromatic N) is 1. The molecule has 1 heterocycles. The van der Waals surface area contributed by atoms with E-state index < -0.39 is 10.0 Å². The second-order valence-electron chi connectivity index (χ2n) is 4.48. The van der Waals surface area contributed by atoms with E-state index in [4.69, 9.17) is 5.73 Å². The summed E-state index contributed by atoms with van der Waals surface area (Å²) in [6.45, 7) is 2.27. The minimum Gasteiger partial charge on any atom is -0.398 e. The average Bonchev–Trinajstić information content (AvgIpc) is 2.77. The highest BCUT2D eigenvalue weighted by Gasteiger charge is 2.13. The van der Waals surface area contributed by atoms with E-state index in [2.05, 4.69) is 9.71 Å². The van der Waals surface area contributed by atoms with Gasteiger partial charge in [0, 0.05) is 29.7 Å². The number of nitrogens with two attached hydrogens (primary N) is 1. The lowest BCUT2D eigenvalue weighted by molar-refractivity contribution is 0.581. The fourth-order valence-corrected chi connectivity index (χ4v) is 3.72. The van der Waals surface area contributed by atoms with Crippen LogP contribution in [0, 0.1) is 6.92 Å². The van der Waals surface area contributed by atoms with Crippen LogP contribution in [0.4, 0.5) is 5.69 Å². The molecule has 2 aromatic rings. The van der Waals surface area contributed by atoms with Crippen LogP contribution in [0.15, 0.2) is 29.6 Å². The van der Waals surface area contributed by atoms with Gasteiger partial charge in [-0.05, 0) is 18.6 Å². The summed E-state index contributed by atoms with van der Waals surface area (Å²) < 4.78 is 26.5. The molecule has 1 aromatic carbocycles. The van der Waals surface area contributed by atoms with Crippen LogP contribution in [-0.4, -0.2) is 19.9 Å². The zero-order chi connectivity index (χ0) is 14.6. The van der Waals surface area contributed by atoms with E-state index >= 15 is 0 Å². The number of hydrogen-bond donors (Lipinski definition) is 2. The minimum atomic E-state index is -3.37. The van der Waals surface area contributed by atoms with Crippen molar-refractivity contribution >= 4 is 27.0 Å². The quantitative estimate of drug-likeness (QED) is 0.795. The maximum Gasteiger partial charge on any atom is 0.215 e. The lowest BCUT2D eigenvalue weighted by atomic mass is 10.2. The SMILES string of the molecule is Cc1csc(CCNS(=O)(=O)Cc2ccccc2N)n1. The Labute approximate surface area is 122 Å². The van der Waals surface area contributed by atoms with Crippen LogP contribution in [0.25, 0.3) is 0 Å². The second-order valence-corrected chi connectivity index (χ2v) is 7.23. The lowest BCUT2D eigenvalue weighted by Gasteiger charge is -2.08. The predicted molar refractivity (Wildman–Crippen MR) is 82.0 cm³/mol. The van der Waals surface area contributed by atoms with Gasteiger partial charge in [-0.1, -0.05) is 18.2 Å². The van der Waals surface area contributed by atoms with Crippen LogP contribution in [0.3, 0.4) is 0 Å². The number of aromatic nitrogens is 1.